The first-order valence-corrected chi connectivity index (χ1v) is 8.05. The third-order valence-corrected chi connectivity index (χ3v) is 4.43. The number of hydrogen-bond acceptors (Lipinski definition) is 6. The van der Waals surface area contributed by atoms with Crippen LogP contribution in [0.15, 0.2) is 11.4 Å². The maximum atomic E-state index is 9.33. The monoisotopic (exact) mass is 292 g/mol. The van der Waals surface area contributed by atoms with Gasteiger partial charge >= 0.3 is 0 Å². The number of thiophene rings is 1. The van der Waals surface area contributed by atoms with Crippen LogP contribution in [0.25, 0.3) is 10.2 Å². The maximum Gasteiger partial charge on any atom is 0.226 e. The Balaban J connectivity index is 1.74. The number of aliphatic hydroxyl groups is 1. The molecule has 0 spiro atoms. The van der Waals surface area contributed by atoms with E-state index in [-0.39, 0.29) is 6.10 Å². The summed E-state index contributed by atoms with van der Waals surface area (Å²) in [6.45, 7) is 3.87. The molecule has 0 radical (unpaired) electrons. The number of anilines is 2. The fourth-order valence-corrected chi connectivity index (χ4v) is 3.18. The molecule has 2 heterocycles. The summed E-state index contributed by atoms with van der Waals surface area (Å²) in [5.41, 5.74) is 0. The second-order valence-corrected chi connectivity index (χ2v) is 6.23. The van der Waals surface area contributed by atoms with Crippen LogP contribution in [0.5, 0.6) is 0 Å². The molecule has 2 aromatic rings. The van der Waals surface area contributed by atoms with Gasteiger partial charge in [0.2, 0.25) is 5.95 Å². The van der Waals surface area contributed by atoms with E-state index >= 15 is 0 Å². The lowest BCUT2D eigenvalue weighted by Gasteiger charge is -2.31. The Kier molecular flexibility index (Phi) is 4.03. The molecule has 1 aliphatic carbocycles. The Morgan fingerprint density at radius 1 is 1.35 bits per heavy atom. The van der Waals surface area contributed by atoms with Gasteiger partial charge in [-0.2, -0.15) is 4.98 Å². The quantitative estimate of drug-likeness (QED) is 0.763. The lowest BCUT2D eigenvalue weighted by Crippen LogP contribution is -2.33. The molecule has 2 aromatic heterocycles. The predicted molar refractivity (Wildman–Crippen MR) is 83.4 cm³/mol. The van der Waals surface area contributed by atoms with Gasteiger partial charge in [0.1, 0.15) is 10.6 Å². The fourth-order valence-electron chi connectivity index (χ4n) is 2.41. The summed E-state index contributed by atoms with van der Waals surface area (Å²) < 4.78 is 0. The summed E-state index contributed by atoms with van der Waals surface area (Å²) in [6.07, 6.45) is 2.74. The van der Waals surface area contributed by atoms with Gasteiger partial charge in [0, 0.05) is 13.1 Å². The molecule has 0 atom stereocenters. The van der Waals surface area contributed by atoms with Crippen molar-refractivity contribution in [2.24, 2.45) is 5.92 Å². The van der Waals surface area contributed by atoms with Crippen molar-refractivity contribution in [2.75, 3.05) is 23.7 Å². The van der Waals surface area contributed by atoms with Crippen molar-refractivity contribution in [1.29, 1.82) is 0 Å². The molecule has 5 nitrogen and oxygen atoms in total. The second kappa shape index (κ2) is 5.93. The van der Waals surface area contributed by atoms with Crippen molar-refractivity contribution in [3.05, 3.63) is 11.4 Å². The Morgan fingerprint density at radius 2 is 2.20 bits per heavy atom. The first-order chi connectivity index (χ1) is 9.76. The summed E-state index contributed by atoms with van der Waals surface area (Å²) in [5, 5.41) is 19.1. The van der Waals surface area contributed by atoms with Gasteiger partial charge in [-0.1, -0.05) is 6.92 Å². The first kappa shape index (κ1) is 13.6. The van der Waals surface area contributed by atoms with Crippen molar-refractivity contribution in [3.8, 4) is 0 Å². The van der Waals surface area contributed by atoms with Crippen molar-refractivity contribution in [2.45, 2.75) is 32.3 Å². The third-order valence-electron chi connectivity index (χ3n) is 3.63. The minimum Gasteiger partial charge on any atom is -0.393 e. The van der Waals surface area contributed by atoms with E-state index in [0.717, 1.165) is 48.4 Å². The van der Waals surface area contributed by atoms with Crippen molar-refractivity contribution in [3.63, 3.8) is 0 Å². The average molecular weight is 292 g/mol. The van der Waals surface area contributed by atoms with E-state index in [0.29, 0.717) is 11.9 Å². The standard InChI is InChI=1S/C14H20N4OS/c1-2-4-15-14-17-12(11-3-5-20-13(11)18-14)16-8-9-6-10(19)7-9/h3,5,9-10,19H,2,4,6-8H2,1H3,(H2,15,16,17,18). The Morgan fingerprint density at radius 3 is 2.95 bits per heavy atom. The molecule has 0 unspecified atom stereocenters. The molecule has 20 heavy (non-hydrogen) atoms. The second-order valence-electron chi connectivity index (χ2n) is 5.33. The summed E-state index contributed by atoms with van der Waals surface area (Å²) >= 11 is 1.63. The van der Waals surface area contributed by atoms with Crippen LogP contribution in [0.3, 0.4) is 0 Å². The zero-order valence-electron chi connectivity index (χ0n) is 11.6. The SMILES string of the molecule is CCCNc1nc(NCC2CC(O)C2)c2ccsc2n1. The fraction of sp³-hybridized carbons (Fsp3) is 0.571. The normalized spacial score (nSPS) is 21.7. The zero-order valence-corrected chi connectivity index (χ0v) is 12.4. The van der Waals surface area contributed by atoms with Crippen LogP contribution in [0.1, 0.15) is 26.2 Å². The summed E-state index contributed by atoms with van der Waals surface area (Å²) in [4.78, 5) is 10.1. The van der Waals surface area contributed by atoms with Crippen LogP contribution in [-0.2, 0) is 0 Å². The Hall–Kier alpha value is -1.40. The minimum atomic E-state index is -0.102. The van der Waals surface area contributed by atoms with Crippen LogP contribution in [0.2, 0.25) is 0 Å². The van der Waals surface area contributed by atoms with Gasteiger partial charge in [-0.05, 0) is 36.6 Å². The molecular formula is C14H20N4OS. The minimum absolute atomic E-state index is 0.102. The maximum absolute atomic E-state index is 9.33. The molecule has 3 N–H and O–H groups in total. The highest BCUT2D eigenvalue weighted by Gasteiger charge is 2.27. The molecule has 6 heteroatoms. The molecule has 0 aliphatic heterocycles. The number of nitrogens with zero attached hydrogens (tertiary/aromatic N) is 2. The molecule has 1 fully saturated rings. The highest BCUT2D eigenvalue weighted by atomic mass is 32.1. The molecule has 108 valence electrons. The third kappa shape index (κ3) is 2.86. The summed E-state index contributed by atoms with van der Waals surface area (Å²) in [6, 6.07) is 2.06. The van der Waals surface area contributed by atoms with Gasteiger partial charge in [-0.25, -0.2) is 4.98 Å². The van der Waals surface area contributed by atoms with Crippen LogP contribution in [0.4, 0.5) is 11.8 Å². The van der Waals surface area contributed by atoms with E-state index in [9.17, 15) is 5.11 Å². The van der Waals surface area contributed by atoms with Gasteiger partial charge < -0.3 is 15.7 Å². The van der Waals surface area contributed by atoms with Crippen molar-refractivity contribution in [1.82, 2.24) is 9.97 Å². The first-order valence-electron chi connectivity index (χ1n) is 7.17. The topological polar surface area (TPSA) is 70.1 Å². The number of aromatic nitrogens is 2. The summed E-state index contributed by atoms with van der Waals surface area (Å²) in [5.74, 6) is 2.15. The predicted octanol–water partition coefficient (Wildman–Crippen LogP) is 2.70. The van der Waals surface area contributed by atoms with Crippen LogP contribution < -0.4 is 10.6 Å². The number of aliphatic hydroxyl groups excluding tert-OH is 1. The highest BCUT2D eigenvalue weighted by Crippen LogP contribution is 2.30. The van der Waals surface area contributed by atoms with E-state index in [1.165, 1.54) is 0 Å². The van der Waals surface area contributed by atoms with Crippen LogP contribution in [-0.4, -0.2) is 34.3 Å². The van der Waals surface area contributed by atoms with Crippen molar-refractivity contribution < 1.29 is 5.11 Å². The molecule has 1 saturated carbocycles. The molecule has 0 saturated heterocycles. The van der Waals surface area contributed by atoms with Gasteiger partial charge in [-0.3, -0.25) is 0 Å². The van der Waals surface area contributed by atoms with Gasteiger partial charge in [0.15, 0.2) is 0 Å². The van der Waals surface area contributed by atoms with Gasteiger partial charge in [0.25, 0.3) is 0 Å². The van der Waals surface area contributed by atoms with Gasteiger partial charge in [0.05, 0.1) is 11.5 Å². The molecular weight excluding hydrogens is 272 g/mol. The average Bonchev–Trinajstić information content (AvgIpc) is 2.88. The van der Waals surface area contributed by atoms with E-state index < -0.39 is 0 Å². The molecule has 1 aliphatic rings. The number of hydrogen-bond donors (Lipinski definition) is 3. The molecule has 0 amide bonds. The number of rotatable bonds is 6. The van der Waals surface area contributed by atoms with E-state index in [1.807, 2.05) is 5.38 Å². The smallest absolute Gasteiger partial charge is 0.226 e. The number of fused-ring (bicyclic) bond motifs is 1. The molecule has 0 bridgehead atoms. The molecule has 0 aromatic carbocycles. The number of nitrogens with one attached hydrogen (secondary N) is 2. The van der Waals surface area contributed by atoms with Crippen LogP contribution >= 0.6 is 11.3 Å². The van der Waals surface area contributed by atoms with E-state index in [2.05, 4.69) is 33.6 Å². The highest BCUT2D eigenvalue weighted by molar-refractivity contribution is 7.16. The lowest BCUT2D eigenvalue weighted by molar-refractivity contribution is 0.0486. The Labute approximate surface area is 122 Å². The van der Waals surface area contributed by atoms with Crippen LogP contribution in [0, 0.1) is 5.92 Å². The zero-order chi connectivity index (χ0) is 13.9. The van der Waals surface area contributed by atoms with E-state index in [1.54, 1.807) is 11.3 Å². The summed E-state index contributed by atoms with van der Waals surface area (Å²) in [7, 11) is 0. The largest absolute Gasteiger partial charge is 0.393 e. The Bertz CT molecular complexity index is 580. The van der Waals surface area contributed by atoms with E-state index in [4.69, 9.17) is 0 Å². The lowest BCUT2D eigenvalue weighted by atomic mass is 9.82. The van der Waals surface area contributed by atoms with Gasteiger partial charge in [-0.15, -0.1) is 11.3 Å². The van der Waals surface area contributed by atoms with Crippen molar-refractivity contribution >= 4 is 33.3 Å². The molecule has 3 rings (SSSR count).